The van der Waals surface area contributed by atoms with Crippen LogP contribution in [0, 0.1) is 0 Å². The van der Waals surface area contributed by atoms with Crippen LogP contribution in [-0.2, 0) is 35.3 Å². The molecule has 0 spiro atoms. The quantitative estimate of drug-likeness (QED) is 0.103. The van der Waals surface area contributed by atoms with Gasteiger partial charge in [-0.3, -0.25) is 14.5 Å². The molecule has 3 N–H and O–H groups in total. The molecule has 43 heavy (non-hydrogen) atoms. The van der Waals surface area contributed by atoms with Gasteiger partial charge in [-0.05, 0) is 42.8 Å². The first-order valence-corrected chi connectivity index (χ1v) is 15.5. The fraction of sp³-hybridized carbons (Fsp3) is 0.346. The van der Waals surface area contributed by atoms with Gasteiger partial charge in [0.1, 0.15) is 45.4 Å². The number of ether oxygens (including phenoxy) is 1. The number of nitrogens with two attached hydrogens (primary N) is 1. The molecule has 5 heterocycles. The van der Waals surface area contributed by atoms with Crippen molar-refractivity contribution in [2.24, 2.45) is 5.16 Å². The third kappa shape index (κ3) is 6.37. The number of anilines is 1. The third-order valence-corrected chi connectivity index (χ3v) is 9.13. The zero-order valence-corrected chi connectivity index (χ0v) is 26.3. The fourth-order valence-electron chi connectivity index (χ4n) is 4.56. The van der Waals surface area contributed by atoms with E-state index >= 15 is 0 Å². The predicted octanol–water partition coefficient (Wildman–Crippen LogP) is 0.195. The second-order valence-electron chi connectivity index (χ2n) is 10.5. The number of amides is 2. The highest BCUT2D eigenvalue weighted by atomic mass is 79.9. The molecule has 0 bridgehead atoms. The highest BCUT2D eigenvalue weighted by Crippen LogP contribution is 2.40. The number of hydrogen-bond donors (Lipinski definition) is 2. The van der Waals surface area contributed by atoms with Gasteiger partial charge >= 0.3 is 5.97 Å². The lowest BCUT2D eigenvalue weighted by molar-refractivity contribution is -0.510. The number of carbonyl (C=O) groups is 4. The number of carboxylic acids is 1. The maximum Gasteiger partial charge on any atom is 0.347 e. The van der Waals surface area contributed by atoms with Crippen molar-refractivity contribution in [2.75, 3.05) is 18.1 Å². The van der Waals surface area contributed by atoms with E-state index in [4.69, 9.17) is 15.3 Å². The number of esters is 1. The van der Waals surface area contributed by atoms with Crippen LogP contribution in [0.5, 0.6) is 0 Å². The van der Waals surface area contributed by atoms with Crippen LogP contribution in [0.3, 0.4) is 0 Å². The van der Waals surface area contributed by atoms with E-state index in [1.54, 1.807) is 20.8 Å². The molecular weight excluding hydrogens is 666 g/mol. The van der Waals surface area contributed by atoms with Gasteiger partial charge in [-0.25, -0.2) is 18.7 Å². The van der Waals surface area contributed by atoms with Crippen LogP contribution in [0.1, 0.15) is 26.5 Å². The molecule has 2 amide bonds. The molecule has 0 aromatic carbocycles. The molecule has 0 unspecified atom stereocenters. The topological polar surface area (TPSA) is 185 Å². The highest BCUT2D eigenvalue weighted by Gasteiger charge is 2.53. The number of oxime groups is 1. The van der Waals surface area contributed by atoms with E-state index in [1.807, 2.05) is 45.8 Å². The normalized spacial score (nSPS) is 18.7. The molecule has 0 saturated carbocycles. The molecule has 17 heteroatoms. The van der Waals surface area contributed by atoms with Crippen LogP contribution in [-0.4, -0.2) is 73.3 Å². The second kappa shape index (κ2) is 12.0. The molecule has 3 aromatic heterocycles. The first-order valence-electron chi connectivity index (χ1n) is 12.8. The van der Waals surface area contributed by atoms with Crippen LogP contribution in [0.25, 0.3) is 5.65 Å². The van der Waals surface area contributed by atoms with Gasteiger partial charge in [-0.1, -0.05) is 22.6 Å². The molecule has 226 valence electrons. The Balaban J connectivity index is 1.34. The van der Waals surface area contributed by atoms with Gasteiger partial charge < -0.3 is 30.5 Å². The number of aromatic nitrogens is 3. The van der Waals surface area contributed by atoms with E-state index in [9.17, 15) is 24.3 Å². The average Bonchev–Trinajstić information content (AvgIpc) is 3.49. The average molecular weight is 693 g/mol. The van der Waals surface area contributed by atoms with E-state index in [0.717, 1.165) is 21.9 Å². The Bertz CT molecular complexity index is 1690. The van der Waals surface area contributed by atoms with Gasteiger partial charge in [0, 0.05) is 17.4 Å². The lowest BCUT2D eigenvalue weighted by atomic mass is 10.0. The monoisotopic (exact) mass is 691 g/mol. The van der Waals surface area contributed by atoms with Gasteiger partial charge in [-0.15, -0.1) is 11.8 Å². The first-order chi connectivity index (χ1) is 20.3. The summed E-state index contributed by atoms with van der Waals surface area (Å²) in [4.78, 5) is 61.3. The number of aliphatic carboxylic acids is 1. The highest BCUT2D eigenvalue weighted by molar-refractivity contribution is 9.11. The Kier molecular flexibility index (Phi) is 8.49. The second-order valence-corrected chi connectivity index (χ2v) is 13.9. The minimum Gasteiger partial charge on any atom is -0.543 e. The third-order valence-electron chi connectivity index (χ3n) is 6.26. The Morgan fingerprint density at radius 3 is 2.74 bits per heavy atom. The van der Waals surface area contributed by atoms with Crippen LogP contribution in [0.15, 0.2) is 57.0 Å². The Morgan fingerprint density at radius 2 is 2.07 bits per heavy atom. The molecule has 2 atom stereocenters. The minimum atomic E-state index is -1.48. The number of nitrogens with zero attached hydrogens (tertiary/aromatic N) is 5. The first kappa shape index (κ1) is 30.5. The number of thiazole rings is 1. The van der Waals surface area contributed by atoms with Crippen molar-refractivity contribution in [1.82, 2.24) is 19.8 Å². The summed E-state index contributed by atoms with van der Waals surface area (Å²) in [6.07, 6.45) is 5.54. The van der Waals surface area contributed by atoms with Gasteiger partial charge in [0.25, 0.3) is 17.5 Å². The molecule has 5 rings (SSSR count). The number of carbonyl (C=O) groups excluding carboxylic acids is 4. The number of thioether (sulfide) groups is 1. The van der Waals surface area contributed by atoms with Crippen LogP contribution < -0.4 is 20.6 Å². The maximum atomic E-state index is 13.4. The van der Waals surface area contributed by atoms with Crippen molar-refractivity contribution in [3.63, 3.8) is 0 Å². The summed E-state index contributed by atoms with van der Waals surface area (Å²) in [5, 5.41) is 18.1. The van der Waals surface area contributed by atoms with Gasteiger partial charge in [0.15, 0.2) is 10.8 Å². The molecule has 2 aliphatic rings. The number of nitrogen functional groups attached to an aromatic ring is 1. The molecule has 3 aromatic rings. The number of rotatable bonds is 9. The molecular formula is C26H26BrN7O7S2. The van der Waals surface area contributed by atoms with Crippen molar-refractivity contribution < 1.29 is 38.3 Å². The number of β-lactam (4-membered cyclic amide) rings is 1. The molecule has 1 fully saturated rings. The largest absolute Gasteiger partial charge is 0.543 e. The van der Waals surface area contributed by atoms with E-state index in [2.05, 4.69) is 31.4 Å². The van der Waals surface area contributed by atoms with Crippen molar-refractivity contribution in [2.45, 2.75) is 44.3 Å². The van der Waals surface area contributed by atoms with Crippen LogP contribution in [0.4, 0.5) is 5.13 Å². The summed E-state index contributed by atoms with van der Waals surface area (Å²) in [7, 11) is 0. The summed E-state index contributed by atoms with van der Waals surface area (Å²) in [5.41, 5.74) is 5.86. The fourth-order valence-corrected chi connectivity index (χ4v) is 7.23. The number of hydrogen-bond acceptors (Lipinski definition) is 12. The molecule has 2 aliphatic heterocycles. The summed E-state index contributed by atoms with van der Waals surface area (Å²) in [6, 6.07) is 4.57. The maximum absolute atomic E-state index is 13.4. The number of imidazole rings is 1. The van der Waals surface area contributed by atoms with E-state index < -0.39 is 47.4 Å². The zero-order chi connectivity index (χ0) is 31.1. The number of halogens is 1. The van der Waals surface area contributed by atoms with E-state index in [1.165, 1.54) is 11.8 Å². The van der Waals surface area contributed by atoms with Gasteiger partial charge in [0.2, 0.25) is 6.61 Å². The molecule has 0 radical (unpaired) electrons. The lowest BCUT2D eigenvalue weighted by Gasteiger charge is -2.50. The van der Waals surface area contributed by atoms with Gasteiger partial charge in [-0.2, -0.15) is 0 Å². The molecule has 1 saturated heterocycles. The summed E-state index contributed by atoms with van der Waals surface area (Å²) >= 11 is 5.64. The Labute approximate surface area is 261 Å². The number of pyridine rings is 1. The minimum absolute atomic E-state index is 0.0403. The van der Waals surface area contributed by atoms with Crippen molar-refractivity contribution in [3.8, 4) is 0 Å². The van der Waals surface area contributed by atoms with Crippen LogP contribution >= 0.6 is 39.0 Å². The van der Waals surface area contributed by atoms with Gasteiger partial charge in [0.05, 0.1) is 17.9 Å². The lowest BCUT2D eigenvalue weighted by Crippen LogP contribution is -2.71. The molecule has 14 nitrogen and oxygen atoms in total. The summed E-state index contributed by atoms with van der Waals surface area (Å²) in [5.74, 6) is -3.37. The number of nitrogens with one attached hydrogen (secondary N) is 1. The predicted molar refractivity (Wildman–Crippen MR) is 157 cm³/mol. The number of carboxylic acid groups (broad SMARTS) is 1. The van der Waals surface area contributed by atoms with Crippen molar-refractivity contribution >= 4 is 79.3 Å². The van der Waals surface area contributed by atoms with Crippen molar-refractivity contribution in [3.05, 3.63) is 57.5 Å². The SMILES string of the molecule is CC(C)(C)OC(=O)CO/N=C(\C(=O)N[C@@H]1C(=O)N2C(C(=O)[O-])=C(Cn3cc[n+]4ccccc34)CS[C@H]12)c1nc(N)sc1Br. The summed E-state index contributed by atoms with van der Waals surface area (Å²) in [6.45, 7) is 4.72. The zero-order valence-electron chi connectivity index (χ0n) is 23.1. The Morgan fingerprint density at radius 1 is 1.30 bits per heavy atom. The summed E-state index contributed by atoms with van der Waals surface area (Å²) < 4.78 is 9.32. The van der Waals surface area contributed by atoms with Crippen LogP contribution in [0.2, 0.25) is 0 Å². The Hall–Kier alpha value is -3.96. The van der Waals surface area contributed by atoms with E-state index in [0.29, 0.717) is 9.36 Å². The molecule has 0 aliphatic carbocycles. The smallest absolute Gasteiger partial charge is 0.347 e. The van der Waals surface area contributed by atoms with Crippen molar-refractivity contribution in [1.29, 1.82) is 0 Å². The standard InChI is InChI=1S/C26H26BrN7O7S2/c1-26(2,3)41-15(35)11-40-31-17(16-20(27)43-25(28)30-16)21(36)29-18-22(37)34-19(24(38)39)13(12-42-23(18)34)10-33-9-8-32-7-5-4-6-14(32)33/h4-9,18,23H,10-12H2,1-3H3,(H3-,28,29,30,36,38,39)/b31-17-/t18-,23-/m1/s1. The number of fused-ring (bicyclic) bond motifs is 2. The van der Waals surface area contributed by atoms with E-state index in [-0.39, 0.29) is 34.5 Å².